The number of carbonyl (C=O) groups is 1. The van der Waals surface area contributed by atoms with E-state index >= 15 is 0 Å². The Hall–Kier alpha value is -1.50. The number of esters is 1. The third-order valence-electron chi connectivity index (χ3n) is 1.78. The van der Waals surface area contributed by atoms with Gasteiger partial charge in [-0.25, -0.2) is 4.79 Å². The van der Waals surface area contributed by atoms with E-state index in [0.717, 1.165) is 12.2 Å². The molecule has 7 heteroatoms. The van der Waals surface area contributed by atoms with Gasteiger partial charge in [-0.3, -0.25) is 10.1 Å². The van der Waals surface area contributed by atoms with Crippen LogP contribution in [0.5, 0.6) is 0 Å². The molecule has 1 rings (SSSR count). The predicted octanol–water partition coefficient (Wildman–Crippen LogP) is 0.888. The van der Waals surface area contributed by atoms with Crippen LogP contribution in [0.4, 0.5) is 0 Å². The normalized spacial score (nSPS) is 18.2. The third kappa shape index (κ3) is 3.27. The van der Waals surface area contributed by atoms with Crippen LogP contribution in [0, 0.1) is 10.1 Å². The Labute approximate surface area is 96.9 Å². The van der Waals surface area contributed by atoms with Gasteiger partial charge in [0.25, 0.3) is 0 Å². The Morgan fingerprint density at radius 3 is 3.00 bits per heavy atom. The van der Waals surface area contributed by atoms with Crippen LogP contribution >= 0.6 is 11.8 Å². The highest BCUT2D eigenvalue weighted by Crippen LogP contribution is 2.22. The summed E-state index contributed by atoms with van der Waals surface area (Å²) in [6.45, 7) is 3.97. The quantitative estimate of drug-likeness (QED) is 0.260. The number of hydrogen-bond acceptors (Lipinski definition) is 6. The fraction of sp³-hybridized carbons (Fsp3) is 0.444. The second kappa shape index (κ2) is 6.16. The molecule has 1 aliphatic heterocycles. The molecule has 0 aromatic rings. The Bertz CT molecular complexity index is 332. The number of ether oxygens (including phenoxy) is 1. The summed E-state index contributed by atoms with van der Waals surface area (Å²) in [6.07, 6.45) is 2.28. The van der Waals surface area contributed by atoms with Gasteiger partial charge in [-0.1, -0.05) is 12.7 Å². The average molecular weight is 244 g/mol. The summed E-state index contributed by atoms with van der Waals surface area (Å²) in [5.41, 5.74) is -0.522. The van der Waals surface area contributed by atoms with Gasteiger partial charge in [0.1, 0.15) is 6.61 Å². The third-order valence-corrected chi connectivity index (χ3v) is 2.90. The first-order valence-electron chi connectivity index (χ1n) is 4.70. The highest BCUT2D eigenvalue weighted by molar-refractivity contribution is 8.03. The van der Waals surface area contributed by atoms with Crippen molar-refractivity contribution in [3.05, 3.63) is 33.5 Å². The Kier molecular flexibility index (Phi) is 4.84. The lowest BCUT2D eigenvalue weighted by molar-refractivity contribution is -0.422. The van der Waals surface area contributed by atoms with Gasteiger partial charge in [-0.05, 0) is 6.42 Å². The smallest absolute Gasteiger partial charge is 0.413 e. The maximum Gasteiger partial charge on any atom is 0.413 e. The first kappa shape index (κ1) is 12.6. The number of hydrogen-bond donors (Lipinski definition) is 1. The summed E-state index contributed by atoms with van der Waals surface area (Å²) >= 11 is 1.26. The molecule has 0 aromatic heterocycles. The number of carbonyl (C=O) groups excluding carboxylic acids is 1. The van der Waals surface area contributed by atoms with E-state index in [1.54, 1.807) is 0 Å². The molecule has 0 radical (unpaired) electrons. The fourth-order valence-electron chi connectivity index (χ4n) is 1.10. The lowest BCUT2D eigenvalue weighted by Gasteiger charge is -2.15. The summed E-state index contributed by atoms with van der Waals surface area (Å²) in [5, 5.41) is 13.9. The number of nitro groups is 1. The van der Waals surface area contributed by atoms with Gasteiger partial charge < -0.3 is 10.1 Å². The topological polar surface area (TPSA) is 81.5 Å². The summed E-state index contributed by atoms with van der Waals surface area (Å²) in [4.78, 5) is 21.5. The van der Waals surface area contributed by atoms with E-state index in [2.05, 4.69) is 16.6 Å². The number of rotatable bonds is 4. The van der Waals surface area contributed by atoms with Gasteiger partial charge in [0.2, 0.25) is 0 Å². The van der Waals surface area contributed by atoms with Crippen LogP contribution in [0.2, 0.25) is 0 Å². The van der Waals surface area contributed by atoms with Crippen molar-refractivity contribution >= 4 is 17.7 Å². The fourth-order valence-corrected chi connectivity index (χ4v) is 2.10. The van der Waals surface area contributed by atoms with E-state index in [4.69, 9.17) is 0 Å². The van der Waals surface area contributed by atoms with Crippen LogP contribution in [0.15, 0.2) is 23.4 Å². The molecule has 1 fully saturated rings. The van der Waals surface area contributed by atoms with Crippen molar-refractivity contribution in [1.82, 2.24) is 5.32 Å². The molecule has 0 spiro atoms. The molecule has 0 aromatic carbocycles. The molecule has 0 amide bonds. The SMILES string of the molecule is C=CCOC(=O)C(=C1NCCCS1)[N+](=O)[O-]. The van der Waals surface area contributed by atoms with E-state index in [0.29, 0.717) is 6.54 Å². The zero-order valence-electron chi connectivity index (χ0n) is 8.60. The summed E-state index contributed by atoms with van der Waals surface area (Å²) in [7, 11) is 0. The lowest BCUT2D eigenvalue weighted by atomic mass is 10.4. The van der Waals surface area contributed by atoms with Crippen LogP contribution in [-0.4, -0.2) is 29.8 Å². The second-order valence-corrected chi connectivity index (χ2v) is 4.06. The van der Waals surface area contributed by atoms with Crippen molar-refractivity contribution in [3.8, 4) is 0 Å². The zero-order valence-corrected chi connectivity index (χ0v) is 9.42. The molecule has 1 heterocycles. The zero-order chi connectivity index (χ0) is 12.0. The van der Waals surface area contributed by atoms with Crippen molar-refractivity contribution < 1.29 is 14.5 Å². The van der Waals surface area contributed by atoms with Crippen molar-refractivity contribution in [3.63, 3.8) is 0 Å². The van der Waals surface area contributed by atoms with E-state index in [9.17, 15) is 14.9 Å². The van der Waals surface area contributed by atoms with E-state index < -0.39 is 16.6 Å². The summed E-state index contributed by atoms with van der Waals surface area (Å²) < 4.78 is 4.66. The predicted molar refractivity (Wildman–Crippen MR) is 60.3 cm³/mol. The largest absolute Gasteiger partial charge is 0.453 e. The van der Waals surface area contributed by atoms with Crippen molar-refractivity contribution in [1.29, 1.82) is 0 Å². The molecular weight excluding hydrogens is 232 g/mol. The van der Waals surface area contributed by atoms with Gasteiger partial charge in [0.05, 0.1) is 4.92 Å². The van der Waals surface area contributed by atoms with Gasteiger partial charge in [0.15, 0.2) is 5.03 Å². The maximum absolute atomic E-state index is 11.4. The van der Waals surface area contributed by atoms with Gasteiger partial charge in [0, 0.05) is 12.3 Å². The molecule has 0 saturated carbocycles. The Morgan fingerprint density at radius 1 is 1.75 bits per heavy atom. The van der Waals surface area contributed by atoms with Gasteiger partial charge in [-0.2, -0.15) is 0 Å². The highest BCUT2D eigenvalue weighted by atomic mass is 32.2. The molecule has 0 unspecified atom stereocenters. The molecule has 0 aliphatic carbocycles. The number of nitrogens with one attached hydrogen (secondary N) is 1. The second-order valence-electron chi connectivity index (χ2n) is 2.95. The van der Waals surface area contributed by atoms with Crippen LogP contribution < -0.4 is 5.32 Å². The van der Waals surface area contributed by atoms with E-state index in [-0.39, 0.29) is 11.6 Å². The molecule has 1 N–H and O–H groups in total. The lowest BCUT2D eigenvalue weighted by Crippen LogP contribution is -2.26. The van der Waals surface area contributed by atoms with Gasteiger partial charge >= 0.3 is 11.7 Å². The number of nitrogens with zero attached hydrogens (tertiary/aromatic N) is 1. The molecule has 6 nitrogen and oxygen atoms in total. The minimum atomic E-state index is -0.929. The molecule has 1 saturated heterocycles. The minimum Gasteiger partial charge on any atom is -0.453 e. The Balaban J connectivity index is 2.84. The van der Waals surface area contributed by atoms with Gasteiger partial charge in [-0.15, -0.1) is 11.8 Å². The van der Waals surface area contributed by atoms with E-state index in [1.807, 2.05) is 0 Å². The average Bonchev–Trinajstić information content (AvgIpc) is 2.27. The molecular formula is C9H12N2O4S. The monoisotopic (exact) mass is 244 g/mol. The number of thioether (sulfide) groups is 1. The first-order valence-corrected chi connectivity index (χ1v) is 5.68. The van der Waals surface area contributed by atoms with E-state index in [1.165, 1.54) is 17.8 Å². The highest BCUT2D eigenvalue weighted by Gasteiger charge is 2.30. The summed E-state index contributed by atoms with van der Waals surface area (Å²) in [5.74, 6) is -0.171. The Morgan fingerprint density at radius 2 is 2.50 bits per heavy atom. The maximum atomic E-state index is 11.4. The molecule has 0 atom stereocenters. The molecule has 1 aliphatic rings. The minimum absolute atomic E-state index is 0.0336. The van der Waals surface area contributed by atoms with Crippen LogP contribution in [0.3, 0.4) is 0 Å². The molecule has 0 bridgehead atoms. The standard InChI is InChI=1S/C9H12N2O4S/c1-2-5-15-9(12)7(11(13)14)8-10-4-3-6-16-8/h2,10H,1,3-6H2. The van der Waals surface area contributed by atoms with Crippen LogP contribution in [-0.2, 0) is 9.53 Å². The van der Waals surface area contributed by atoms with Crippen LogP contribution in [0.1, 0.15) is 6.42 Å². The molecule has 16 heavy (non-hydrogen) atoms. The van der Waals surface area contributed by atoms with Crippen molar-refractivity contribution in [2.24, 2.45) is 0 Å². The van der Waals surface area contributed by atoms with Crippen molar-refractivity contribution in [2.45, 2.75) is 6.42 Å². The summed E-state index contributed by atoms with van der Waals surface area (Å²) in [6, 6.07) is 0. The first-order chi connectivity index (χ1) is 7.66. The molecule has 88 valence electrons. The van der Waals surface area contributed by atoms with Crippen molar-refractivity contribution in [2.75, 3.05) is 18.9 Å². The van der Waals surface area contributed by atoms with Crippen LogP contribution in [0.25, 0.3) is 0 Å².